The third kappa shape index (κ3) is 2.38. The van der Waals surface area contributed by atoms with Crippen molar-refractivity contribution in [1.82, 2.24) is 9.80 Å². The van der Waals surface area contributed by atoms with E-state index in [-0.39, 0.29) is 0 Å². The number of rotatable bonds is 2. The maximum absolute atomic E-state index is 5.39. The number of hydrogen-bond donors (Lipinski definition) is 0. The second-order valence-electron chi connectivity index (χ2n) is 5.37. The van der Waals surface area contributed by atoms with E-state index < -0.39 is 0 Å². The first-order chi connectivity index (χ1) is 8.54. The van der Waals surface area contributed by atoms with Crippen molar-refractivity contribution in [3.63, 3.8) is 0 Å². The van der Waals surface area contributed by atoms with Crippen LogP contribution in [0.15, 0.2) is 12.1 Å². The molecule has 1 saturated heterocycles. The number of benzene rings is 1. The van der Waals surface area contributed by atoms with Gasteiger partial charge in [0.25, 0.3) is 0 Å². The standard InChI is InChI=1S/C15H24N2O/c1-11-12(2)15(18-5)7-6-13(11)14-10-16(3)8-9-17(14)4/h6-7,14H,8-10H2,1-5H3. The second kappa shape index (κ2) is 5.29. The number of ether oxygens (including phenoxy) is 1. The molecule has 1 aliphatic rings. The van der Waals surface area contributed by atoms with Crippen LogP contribution < -0.4 is 4.74 Å². The smallest absolute Gasteiger partial charge is 0.122 e. The van der Waals surface area contributed by atoms with Gasteiger partial charge in [-0.3, -0.25) is 4.90 Å². The molecule has 3 heteroatoms. The quantitative estimate of drug-likeness (QED) is 0.798. The molecule has 1 heterocycles. The van der Waals surface area contributed by atoms with Crippen molar-refractivity contribution >= 4 is 0 Å². The van der Waals surface area contributed by atoms with Crippen molar-refractivity contribution in [2.45, 2.75) is 19.9 Å². The summed E-state index contributed by atoms with van der Waals surface area (Å²) in [6.07, 6.45) is 0. The van der Waals surface area contributed by atoms with E-state index in [0.717, 1.165) is 25.4 Å². The zero-order valence-electron chi connectivity index (χ0n) is 12.2. The third-order valence-electron chi connectivity index (χ3n) is 4.21. The Morgan fingerprint density at radius 1 is 1.11 bits per heavy atom. The largest absolute Gasteiger partial charge is 0.496 e. The van der Waals surface area contributed by atoms with Gasteiger partial charge in [-0.2, -0.15) is 0 Å². The fraction of sp³-hybridized carbons (Fsp3) is 0.600. The zero-order chi connectivity index (χ0) is 13.3. The van der Waals surface area contributed by atoms with Crippen molar-refractivity contribution in [2.24, 2.45) is 0 Å². The lowest BCUT2D eigenvalue weighted by Gasteiger charge is -2.38. The minimum absolute atomic E-state index is 0.494. The SMILES string of the molecule is COc1ccc(C2CN(C)CCN2C)c(C)c1C. The van der Waals surface area contributed by atoms with Crippen LogP contribution in [0.25, 0.3) is 0 Å². The van der Waals surface area contributed by atoms with Crippen LogP contribution in [0.3, 0.4) is 0 Å². The zero-order valence-corrected chi connectivity index (χ0v) is 12.2. The van der Waals surface area contributed by atoms with Crippen molar-refractivity contribution in [3.05, 3.63) is 28.8 Å². The monoisotopic (exact) mass is 248 g/mol. The van der Waals surface area contributed by atoms with E-state index in [2.05, 4.69) is 49.9 Å². The average Bonchev–Trinajstić information content (AvgIpc) is 2.36. The molecule has 0 spiro atoms. The first kappa shape index (κ1) is 13.4. The van der Waals surface area contributed by atoms with Crippen LogP contribution >= 0.6 is 0 Å². The van der Waals surface area contributed by atoms with Gasteiger partial charge in [0.15, 0.2) is 0 Å². The number of piperazine rings is 1. The lowest BCUT2D eigenvalue weighted by Crippen LogP contribution is -2.45. The molecule has 0 bridgehead atoms. The number of likely N-dealkylation sites (N-methyl/N-ethyl adjacent to an activating group) is 2. The predicted octanol–water partition coefficient (Wildman–Crippen LogP) is 2.23. The van der Waals surface area contributed by atoms with E-state index >= 15 is 0 Å². The van der Waals surface area contributed by atoms with Gasteiger partial charge < -0.3 is 9.64 Å². The Morgan fingerprint density at radius 3 is 2.50 bits per heavy atom. The Balaban J connectivity index is 2.35. The molecule has 1 unspecified atom stereocenters. The molecule has 0 radical (unpaired) electrons. The summed E-state index contributed by atoms with van der Waals surface area (Å²) in [5.41, 5.74) is 4.06. The van der Waals surface area contributed by atoms with Crippen LogP contribution in [-0.2, 0) is 0 Å². The van der Waals surface area contributed by atoms with Crippen LogP contribution in [0.1, 0.15) is 22.7 Å². The molecule has 100 valence electrons. The lowest BCUT2D eigenvalue weighted by molar-refractivity contribution is 0.114. The fourth-order valence-electron chi connectivity index (χ4n) is 2.74. The van der Waals surface area contributed by atoms with Gasteiger partial charge in [-0.25, -0.2) is 0 Å². The summed E-state index contributed by atoms with van der Waals surface area (Å²) >= 11 is 0. The van der Waals surface area contributed by atoms with Gasteiger partial charge in [-0.1, -0.05) is 6.07 Å². The highest BCUT2D eigenvalue weighted by atomic mass is 16.5. The third-order valence-corrected chi connectivity index (χ3v) is 4.21. The Labute approximate surface area is 110 Å². The summed E-state index contributed by atoms with van der Waals surface area (Å²) in [6.45, 7) is 7.73. The Hall–Kier alpha value is -1.06. The Morgan fingerprint density at radius 2 is 1.83 bits per heavy atom. The molecule has 1 aromatic carbocycles. The number of hydrogen-bond acceptors (Lipinski definition) is 3. The first-order valence-corrected chi connectivity index (χ1v) is 6.57. The van der Waals surface area contributed by atoms with E-state index in [1.807, 2.05) is 0 Å². The van der Waals surface area contributed by atoms with E-state index in [1.165, 1.54) is 16.7 Å². The Bertz CT molecular complexity index is 431. The molecule has 18 heavy (non-hydrogen) atoms. The van der Waals surface area contributed by atoms with E-state index in [1.54, 1.807) is 7.11 Å². The van der Waals surface area contributed by atoms with E-state index in [4.69, 9.17) is 4.74 Å². The van der Waals surface area contributed by atoms with Gasteiger partial charge in [0.1, 0.15) is 5.75 Å². The highest BCUT2D eigenvalue weighted by Gasteiger charge is 2.25. The summed E-state index contributed by atoms with van der Waals surface area (Å²) in [5, 5.41) is 0. The van der Waals surface area contributed by atoms with Crippen LogP contribution in [0.4, 0.5) is 0 Å². The Kier molecular flexibility index (Phi) is 3.93. The van der Waals surface area contributed by atoms with Gasteiger partial charge in [0.05, 0.1) is 7.11 Å². The fourth-order valence-corrected chi connectivity index (χ4v) is 2.74. The average molecular weight is 248 g/mol. The lowest BCUT2D eigenvalue weighted by atomic mass is 9.94. The normalized spacial score (nSPS) is 22.2. The van der Waals surface area contributed by atoms with Crippen molar-refractivity contribution in [2.75, 3.05) is 40.8 Å². The van der Waals surface area contributed by atoms with Crippen molar-refractivity contribution in [1.29, 1.82) is 0 Å². The van der Waals surface area contributed by atoms with E-state index in [0.29, 0.717) is 6.04 Å². The van der Waals surface area contributed by atoms with Crippen LogP contribution in [0, 0.1) is 13.8 Å². The molecule has 1 aliphatic heterocycles. The maximum Gasteiger partial charge on any atom is 0.122 e. The van der Waals surface area contributed by atoms with Gasteiger partial charge in [0, 0.05) is 25.7 Å². The molecule has 0 aliphatic carbocycles. The second-order valence-corrected chi connectivity index (χ2v) is 5.37. The molecule has 0 saturated carbocycles. The van der Waals surface area contributed by atoms with Crippen LogP contribution in [0.5, 0.6) is 5.75 Å². The molecule has 0 N–H and O–H groups in total. The summed E-state index contributed by atoms with van der Waals surface area (Å²) in [4.78, 5) is 4.86. The summed E-state index contributed by atoms with van der Waals surface area (Å²) in [6, 6.07) is 4.81. The molecular weight excluding hydrogens is 224 g/mol. The number of methoxy groups -OCH3 is 1. The molecule has 3 nitrogen and oxygen atoms in total. The maximum atomic E-state index is 5.39. The summed E-state index contributed by atoms with van der Waals surface area (Å²) < 4.78 is 5.39. The summed E-state index contributed by atoms with van der Waals surface area (Å²) in [7, 11) is 6.16. The molecule has 0 aromatic heterocycles. The molecule has 1 aromatic rings. The minimum Gasteiger partial charge on any atom is -0.496 e. The molecule has 1 fully saturated rings. The minimum atomic E-state index is 0.494. The van der Waals surface area contributed by atoms with Crippen LogP contribution in [-0.4, -0.2) is 50.6 Å². The highest BCUT2D eigenvalue weighted by molar-refractivity contribution is 5.45. The van der Waals surface area contributed by atoms with Crippen molar-refractivity contribution in [3.8, 4) is 5.75 Å². The topological polar surface area (TPSA) is 15.7 Å². The highest BCUT2D eigenvalue weighted by Crippen LogP contribution is 2.31. The summed E-state index contributed by atoms with van der Waals surface area (Å²) in [5.74, 6) is 0.989. The van der Waals surface area contributed by atoms with Gasteiger partial charge in [0.2, 0.25) is 0 Å². The van der Waals surface area contributed by atoms with Crippen LogP contribution in [0.2, 0.25) is 0 Å². The van der Waals surface area contributed by atoms with Gasteiger partial charge in [-0.15, -0.1) is 0 Å². The first-order valence-electron chi connectivity index (χ1n) is 6.57. The molecule has 2 rings (SSSR count). The van der Waals surface area contributed by atoms with Gasteiger partial charge >= 0.3 is 0 Å². The van der Waals surface area contributed by atoms with E-state index in [9.17, 15) is 0 Å². The van der Waals surface area contributed by atoms with Crippen molar-refractivity contribution < 1.29 is 4.74 Å². The molecule has 1 atom stereocenters. The predicted molar refractivity (Wildman–Crippen MR) is 75.3 cm³/mol. The molecule has 0 amide bonds. The van der Waals surface area contributed by atoms with Gasteiger partial charge in [-0.05, 0) is 50.7 Å². The molecular formula is C15H24N2O. The number of nitrogens with zero attached hydrogens (tertiary/aromatic N) is 2.